The molecule has 3 aromatic rings. The van der Waals surface area contributed by atoms with Gasteiger partial charge in [0.05, 0.1) is 24.5 Å². The minimum absolute atomic E-state index is 0.480. The number of hydrogen-bond acceptors (Lipinski definition) is 6. The summed E-state index contributed by atoms with van der Waals surface area (Å²) in [5.41, 5.74) is 6.78. The van der Waals surface area contributed by atoms with E-state index in [9.17, 15) is 0 Å². The van der Waals surface area contributed by atoms with Crippen LogP contribution in [0.3, 0.4) is 0 Å². The van der Waals surface area contributed by atoms with Gasteiger partial charge < -0.3 is 0 Å². The Balaban J connectivity index is 1.47. The van der Waals surface area contributed by atoms with Crippen LogP contribution < -0.4 is 5.53 Å². The Morgan fingerprint density at radius 3 is 1.63 bits per heavy atom. The summed E-state index contributed by atoms with van der Waals surface area (Å²) in [7, 11) is 0. The van der Waals surface area contributed by atoms with Crippen LogP contribution in [-0.4, -0.2) is 38.1 Å². The largest absolute Gasteiger partial charge is 0.261 e. The second kappa shape index (κ2) is 8.81. The first-order chi connectivity index (χ1) is 13.3. The lowest BCUT2D eigenvalue weighted by Crippen LogP contribution is -2.58. The number of pyridine rings is 3. The predicted octanol–water partition coefficient (Wildman–Crippen LogP) is 2.47. The van der Waals surface area contributed by atoms with Crippen molar-refractivity contribution in [3.8, 4) is 0 Å². The van der Waals surface area contributed by atoms with Crippen LogP contribution in [0, 0.1) is 5.92 Å². The van der Waals surface area contributed by atoms with Gasteiger partial charge in [0.1, 0.15) is 0 Å². The van der Waals surface area contributed by atoms with Crippen LogP contribution in [0.2, 0.25) is 0 Å². The molecule has 1 aliphatic rings. The van der Waals surface area contributed by atoms with E-state index in [1.807, 2.05) is 48.9 Å². The number of hydrogen-bond donors (Lipinski definition) is 1. The third-order valence-corrected chi connectivity index (χ3v) is 4.62. The van der Waals surface area contributed by atoms with Gasteiger partial charge in [-0.15, -0.1) is 0 Å². The second-order valence-electron chi connectivity index (χ2n) is 6.89. The molecule has 3 aromatic heterocycles. The first kappa shape index (κ1) is 17.7. The Hall–Kier alpha value is -2.67. The lowest BCUT2D eigenvalue weighted by molar-refractivity contribution is -0.0553. The van der Waals surface area contributed by atoms with Gasteiger partial charge in [0, 0.05) is 37.4 Å². The number of nitrogens with one attached hydrogen (secondary N) is 1. The maximum atomic E-state index is 4.51. The maximum Gasteiger partial charge on any atom is 0.0568 e. The van der Waals surface area contributed by atoms with Crippen molar-refractivity contribution in [1.82, 2.24) is 30.5 Å². The van der Waals surface area contributed by atoms with E-state index in [0.717, 1.165) is 49.7 Å². The van der Waals surface area contributed by atoms with Gasteiger partial charge in [0.25, 0.3) is 0 Å². The van der Waals surface area contributed by atoms with E-state index in [1.54, 1.807) is 0 Å². The van der Waals surface area contributed by atoms with Gasteiger partial charge in [-0.05, 0) is 48.7 Å². The molecule has 138 valence electrons. The van der Waals surface area contributed by atoms with Crippen LogP contribution >= 0.6 is 0 Å². The summed E-state index contributed by atoms with van der Waals surface area (Å²) in [6.45, 7) is 3.42. The van der Waals surface area contributed by atoms with Crippen molar-refractivity contribution in [3.63, 3.8) is 0 Å². The van der Waals surface area contributed by atoms with E-state index in [0.29, 0.717) is 5.92 Å². The van der Waals surface area contributed by atoms with Crippen molar-refractivity contribution in [3.05, 3.63) is 90.3 Å². The monoisotopic (exact) mass is 360 g/mol. The number of rotatable bonds is 6. The normalized spacial score (nSPS) is 16.4. The molecule has 0 spiro atoms. The van der Waals surface area contributed by atoms with Crippen LogP contribution in [0.15, 0.2) is 73.2 Å². The topological polar surface area (TPSA) is 57.2 Å². The van der Waals surface area contributed by atoms with Gasteiger partial charge in [0.2, 0.25) is 0 Å². The number of aromatic nitrogens is 3. The van der Waals surface area contributed by atoms with Crippen molar-refractivity contribution in [2.75, 3.05) is 13.1 Å². The summed E-state index contributed by atoms with van der Waals surface area (Å²) in [4.78, 5) is 13.4. The number of nitrogens with zero attached hydrogens (tertiary/aromatic N) is 5. The van der Waals surface area contributed by atoms with Gasteiger partial charge in [-0.25, -0.2) is 10.0 Å². The zero-order valence-corrected chi connectivity index (χ0v) is 15.3. The fraction of sp³-hybridized carbons (Fsp3) is 0.286. The molecule has 1 N–H and O–H groups in total. The SMILES string of the molecule is c1ccc(CC2CN(Cc3ccccn3)NN(Cc3ccccn3)C2)nc1. The molecule has 1 fully saturated rings. The average Bonchev–Trinajstić information content (AvgIpc) is 2.70. The molecule has 6 heteroatoms. The van der Waals surface area contributed by atoms with E-state index in [1.165, 1.54) is 0 Å². The van der Waals surface area contributed by atoms with E-state index < -0.39 is 0 Å². The zero-order valence-electron chi connectivity index (χ0n) is 15.3. The fourth-order valence-electron chi connectivity index (χ4n) is 3.48. The van der Waals surface area contributed by atoms with E-state index in [-0.39, 0.29) is 0 Å². The van der Waals surface area contributed by atoms with E-state index in [4.69, 9.17) is 0 Å². The lowest BCUT2D eigenvalue weighted by Gasteiger charge is -2.40. The molecule has 27 heavy (non-hydrogen) atoms. The molecule has 0 radical (unpaired) electrons. The van der Waals surface area contributed by atoms with Gasteiger partial charge >= 0.3 is 0 Å². The fourth-order valence-corrected chi connectivity index (χ4v) is 3.48. The van der Waals surface area contributed by atoms with Crippen LogP contribution in [0.1, 0.15) is 17.1 Å². The molecule has 0 aliphatic carbocycles. The van der Waals surface area contributed by atoms with Crippen LogP contribution in [0.5, 0.6) is 0 Å². The van der Waals surface area contributed by atoms with Crippen LogP contribution in [0.4, 0.5) is 0 Å². The highest BCUT2D eigenvalue weighted by Gasteiger charge is 2.26. The van der Waals surface area contributed by atoms with Crippen molar-refractivity contribution >= 4 is 0 Å². The smallest absolute Gasteiger partial charge is 0.0568 e. The Bertz CT molecular complexity index is 693. The molecule has 0 saturated carbocycles. The number of hydrazine groups is 2. The summed E-state index contributed by atoms with van der Waals surface area (Å²) in [6.07, 6.45) is 6.51. The molecule has 1 saturated heterocycles. The third kappa shape index (κ3) is 5.17. The van der Waals surface area contributed by atoms with Gasteiger partial charge in [-0.2, -0.15) is 5.53 Å². The third-order valence-electron chi connectivity index (χ3n) is 4.62. The molecule has 0 aromatic carbocycles. The summed E-state index contributed by atoms with van der Waals surface area (Å²) < 4.78 is 0. The highest BCUT2D eigenvalue weighted by atomic mass is 15.8. The Morgan fingerprint density at radius 2 is 1.19 bits per heavy atom. The van der Waals surface area contributed by atoms with Crippen molar-refractivity contribution in [2.24, 2.45) is 5.92 Å². The average molecular weight is 360 g/mol. The molecular formula is C21H24N6. The highest BCUT2D eigenvalue weighted by Crippen LogP contribution is 2.17. The Labute approximate surface area is 159 Å². The Kier molecular flexibility index (Phi) is 5.79. The maximum absolute atomic E-state index is 4.51. The minimum atomic E-state index is 0.480. The van der Waals surface area contributed by atoms with E-state index >= 15 is 0 Å². The molecule has 4 heterocycles. The molecular weight excluding hydrogens is 336 g/mol. The quantitative estimate of drug-likeness (QED) is 0.729. The molecule has 0 bridgehead atoms. The van der Waals surface area contributed by atoms with Crippen molar-refractivity contribution < 1.29 is 0 Å². The first-order valence-corrected chi connectivity index (χ1v) is 9.31. The van der Waals surface area contributed by atoms with Gasteiger partial charge in [-0.3, -0.25) is 15.0 Å². The summed E-state index contributed by atoms with van der Waals surface area (Å²) in [5, 5.41) is 4.48. The van der Waals surface area contributed by atoms with Gasteiger partial charge in [0.15, 0.2) is 0 Å². The van der Waals surface area contributed by atoms with E-state index in [2.05, 4.69) is 54.8 Å². The highest BCUT2D eigenvalue weighted by molar-refractivity contribution is 5.07. The summed E-state index contributed by atoms with van der Waals surface area (Å²) in [6, 6.07) is 18.2. The predicted molar refractivity (Wildman–Crippen MR) is 104 cm³/mol. The Morgan fingerprint density at radius 1 is 0.704 bits per heavy atom. The zero-order chi connectivity index (χ0) is 18.3. The minimum Gasteiger partial charge on any atom is -0.261 e. The molecule has 0 atom stereocenters. The standard InChI is InChI=1S/C21H24N6/c1-4-10-22-19(7-1)13-18-14-26(16-20-8-2-5-11-23-20)25-27(15-18)17-21-9-3-6-12-24-21/h1-12,18,25H,13-17H2. The van der Waals surface area contributed by atoms with Crippen LogP contribution in [-0.2, 0) is 19.5 Å². The first-order valence-electron chi connectivity index (χ1n) is 9.31. The molecule has 0 amide bonds. The van der Waals surface area contributed by atoms with Crippen molar-refractivity contribution in [2.45, 2.75) is 19.5 Å². The molecule has 6 nitrogen and oxygen atoms in total. The van der Waals surface area contributed by atoms with Crippen molar-refractivity contribution in [1.29, 1.82) is 0 Å². The summed E-state index contributed by atoms with van der Waals surface area (Å²) in [5.74, 6) is 0.480. The lowest BCUT2D eigenvalue weighted by atomic mass is 10.0. The molecule has 0 unspecified atom stereocenters. The van der Waals surface area contributed by atoms with Crippen LogP contribution in [0.25, 0.3) is 0 Å². The molecule has 1 aliphatic heterocycles. The summed E-state index contributed by atoms with van der Waals surface area (Å²) >= 11 is 0. The molecule has 4 rings (SSSR count). The second-order valence-corrected chi connectivity index (χ2v) is 6.89. The van der Waals surface area contributed by atoms with Gasteiger partial charge in [-0.1, -0.05) is 18.2 Å².